The normalized spacial score (nSPS) is 34.3. The van der Waals surface area contributed by atoms with E-state index in [1.54, 1.807) is 0 Å². The maximum atomic E-state index is 11.5. The lowest BCUT2D eigenvalue weighted by atomic mass is 10.0. The fourth-order valence-corrected chi connectivity index (χ4v) is 2.36. The monoisotopic (exact) mass is 213 g/mol. The second-order valence-electron chi connectivity index (χ2n) is 4.52. The Labute approximate surface area is 87.5 Å². The molecule has 0 bridgehead atoms. The van der Waals surface area contributed by atoms with Gasteiger partial charge in [-0.3, -0.25) is 4.79 Å². The Bertz CT molecular complexity index is 281. The molecule has 2 rings (SSSR count). The number of aliphatic hydroxyl groups is 1. The Balaban J connectivity index is 1.70. The minimum Gasteiger partial charge on any atom is -0.479 e. The number of hydrogen-bond acceptors (Lipinski definition) is 3. The van der Waals surface area contributed by atoms with E-state index in [1.165, 1.54) is 6.42 Å². The summed E-state index contributed by atoms with van der Waals surface area (Å²) in [5.74, 6) is 0.0807. The Hall–Kier alpha value is -1.10. The minimum atomic E-state index is -1.50. The van der Waals surface area contributed by atoms with Crippen molar-refractivity contribution in [3.8, 4) is 0 Å². The number of aliphatic carboxylic acids is 1. The Morgan fingerprint density at radius 2 is 1.87 bits per heavy atom. The highest BCUT2D eigenvalue weighted by atomic mass is 16.4. The summed E-state index contributed by atoms with van der Waals surface area (Å²) in [6, 6.07) is 0. The van der Waals surface area contributed by atoms with Gasteiger partial charge in [0.1, 0.15) is 0 Å². The van der Waals surface area contributed by atoms with Crippen LogP contribution in [0.1, 0.15) is 19.3 Å². The van der Waals surface area contributed by atoms with Crippen LogP contribution < -0.4 is 5.32 Å². The maximum absolute atomic E-state index is 11.5. The molecule has 84 valence electrons. The largest absolute Gasteiger partial charge is 0.479 e. The summed E-state index contributed by atoms with van der Waals surface area (Å²) in [6.45, 7) is -0.194. The molecule has 0 aliphatic heterocycles. The van der Waals surface area contributed by atoms with Crippen LogP contribution in [0.3, 0.4) is 0 Å². The van der Waals surface area contributed by atoms with Gasteiger partial charge < -0.3 is 15.5 Å². The standard InChI is InChI=1S/C10H15NO4/c12-8(10(14)15)4-11-9(13)7-2-5-1-6(5)3-7/h5-8,12H,1-4H2,(H,11,13)(H,14,15). The number of rotatable bonds is 4. The van der Waals surface area contributed by atoms with Crippen LogP contribution in [0, 0.1) is 17.8 Å². The molecule has 5 heteroatoms. The van der Waals surface area contributed by atoms with Crippen molar-refractivity contribution in [3.05, 3.63) is 0 Å². The van der Waals surface area contributed by atoms with Gasteiger partial charge in [0, 0.05) is 5.92 Å². The van der Waals surface area contributed by atoms with Crippen molar-refractivity contribution in [1.29, 1.82) is 0 Å². The number of hydrogen-bond donors (Lipinski definition) is 3. The Morgan fingerprint density at radius 1 is 1.27 bits per heavy atom. The number of carboxylic acids is 1. The van der Waals surface area contributed by atoms with Crippen molar-refractivity contribution in [2.45, 2.75) is 25.4 Å². The van der Waals surface area contributed by atoms with Gasteiger partial charge in [0.25, 0.3) is 0 Å². The van der Waals surface area contributed by atoms with E-state index in [1.807, 2.05) is 0 Å². The van der Waals surface area contributed by atoms with Gasteiger partial charge in [0.2, 0.25) is 5.91 Å². The molecule has 3 N–H and O–H groups in total. The fourth-order valence-electron chi connectivity index (χ4n) is 2.36. The van der Waals surface area contributed by atoms with Crippen molar-refractivity contribution in [1.82, 2.24) is 5.32 Å². The van der Waals surface area contributed by atoms with Gasteiger partial charge in [-0.15, -0.1) is 0 Å². The second-order valence-corrected chi connectivity index (χ2v) is 4.52. The third-order valence-electron chi connectivity index (χ3n) is 3.37. The highest BCUT2D eigenvalue weighted by Crippen LogP contribution is 2.54. The van der Waals surface area contributed by atoms with Gasteiger partial charge in [-0.25, -0.2) is 4.79 Å². The zero-order chi connectivity index (χ0) is 11.0. The van der Waals surface area contributed by atoms with Gasteiger partial charge in [-0.2, -0.15) is 0 Å². The molecular weight excluding hydrogens is 198 g/mol. The van der Waals surface area contributed by atoms with Crippen LogP contribution in [0.5, 0.6) is 0 Å². The molecule has 2 saturated carbocycles. The van der Waals surface area contributed by atoms with Crippen LogP contribution in [0.25, 0.3) is 0 Å². The van der Waals surface area contributed by atoms with Crippen molar-refractivity contribution in [2.24, 2.45) is 17.8 Å². The lowest BCUT2D eigenvalue weighted by molar-refractivity contribution is -0.146. The molecular formula is C10H15NO4. The predicted molar refractivity (Wildman–Crippen MR) is 51.0 cm³/mol. The summed E-state index contributed by atoms with van der Waals surface area (Å²) >= 11 is 0. The Morgan fingerprint density at radius 3 is 2.40 bits per heavy atom. The van der Waals surface area contributed by atoms with Crippen LogP contribution in [-0.2, 0) is 9.59 Å². The van der Waals surface area contributed by atoms with Crippen molar-refractivity contribution < 1.29 is 19.8 Å². The van der Waals surface area contributed by atoms with E-state index in [0.29, 0.717) is 0 Å². The van der Waals surface area contributed by atoms with Gasteiger partial charge in [-0.05, 0) is 31.1 Å². The smallest absolute Gasteiger partial charge is 0.334 e. The summed E-state index contributed by atoms with van der Waals surface area (Å²) < 4.78 is 0. The molecule has 3 atom stereocenters. The molecule has 2 fully saturated rings. The fraction of sp³-hybridized carbons (Fsp3) is 0.800. The molecule has 0 saturated heterocycles. The van der Waals surface area contributed by atoms with E-state index in [-0.39, 0.29) is 18.4 Å². The molecule has 3 unspecified atom stereocenters. The molecule has 0 aromatic heterocycles. The van der Waals surface area contributed by atoms with Gasteiger partial charge in [0.05, 0.1) is 6.54 Å². The van der Waals surface area contributed by atoms with Crippen LogP contribution in [-0.4, -0.2) is 34.7 Å². The number of nitrogens with one attached hydrogen (secondary N) is 1. The first-order chi connectivity index (χ1) is 7.08. The van der Waals surface area contributed by atoms with E-state index in [4.69, 9.17) is 10.2 Å². The zero-order valence-electron chi connectivity index (χ0n) is 8.35. The molecule has 15 heavy (non-hydrogen) atoms. The second kappa shape index (κ2) is 3.81. The van der Waals surface area contributed by atoms with Crippen molar-refractivity contribution >= 4 is 11.9 Å². The van der Waals surface area contributed by atoms with Gasteiger partial charge in [0.15, 0.2) is 6.10 Å². The molecule has 2 aliphatic rings. The third-order valence-corrected chi connectivity index (χ3v) is 3.37. The quantitative estimate of drug-likeness (QED) is 0.592. The lowest BCUT2D eigenvalue weighted by Gasteiger charge is -2.13. The Kier molecular flexibility index (Phi) is 2.65. The summed E-state index contributed by atoms with van der Waals surface area (Å²) in [5.41, 5.74) is 0. The van der Waals surface area contributed by atoms with Gasteiger partial charge in [-0.1, -0.05) is 0 Å². The van der Waals surface area contributed by atoms with Crippen molar-refractivity contribution in [2.75, 3.05) is 6.54 Å². The predicted octanol–water partition coefficient (Wildman–Crippen LogP) is -0.406. The third kappa shape index (κ3) is 2.28. The summed E-state index contributed by atoms with van der Waals surface area (Å²) in [6.07, 6.45) is 1.62. The minimum absolute atomic E-state index is 0.0368. The van der Waals surface area contributed by atoms with Crippen LogP contribution in [0.2, 0.25) is 0 Å². The summed E-state index contributed by atoms with van der Waals surface area (Å²) in [5, 5.41) is 19.8. The molecule has 2 aliphatic carbocycles. The van der Waals surface area contributed by atoms with Crippen LogP contribution >= 0.6 is 0 Å². The zero-order valence-corrected chi connectivity index (χ0v) is 8.35. The number of carbonyl (C=O) groups excluding carboxylic acids is 1. The molecule has 0 radical (unpaired) electrons. The van der Waals surface area contributed by atoms with E-state index >= 15 is 0 Å². The number of carboxylic acid groups (broad SMARTS) is 1. The number of fused-ring (bicyclic) bond motifs is 1. The number of aliphatic hydroxyl groups excluding tert-OH is 1. The molecule has 0 heterocycles. The molecule has 0 aromatic rings. The van der Waals surface area contributed by atoms with Crippen molar-refractivity contribution in [3.63, 3.8) is 0 Å². The van der Waals surface area contributed by atoms with E-state index in [0.717, 1.165) is 24.7 Å². The van der Waals surface area contributed by atoms with E-state index < -0.39 is 12.1 Å². The highest BCUT2D eigenvalue weighted by molar-refractivity contribution is 5.80. The van der Waals surface area contributed by atoms with Crippen LogP contribution in [0.15, 0.2) is 0 Å². The molecule has 5 nitrogen and oxygen atoms in total. The van der Waals surface area contributed by atoms with E-state index in [9.17, 15) is 9.59 Å². The van der Waals surface area contributed by atoms with E-state index in [2.05, 4.69) is 5.32 Å². The highest BCUT2D eigenvalue weighted by Gasteiger charge is 2.47. The molecule has 1 amide bonds. The average Bonchev–Trinajstić information content (AvgIpc) is 2.81. The van der Waals surface area contributed by atoms with Crippen LogP contribution in [0.4, 0.5) is 0 Å². The maximum Gasteiger partial charge on any atom is 0.334 e. The summed E-state index contributed by atoms with van der Waals surface area (Å²) in [7, 11) is 0. The number of amides is 1. The average molecular weight is 213 g/mol. The lowest BCUT2D eigenvalue weighted by Crippen LogP contribution is -2.39. The number of carbonyl (C=O) groups is 2. The topological polar surface area (TPSA) is 86.6 Å². The first-order valence-corrected chi connectivity index (χ1v) is 5.26. The molecule has 0 aromatic carbocycles. The SMILES string of the molecule is O=C(O)C(O)CNC(=O)C1CC2CC2C1. The van der Waals surface area contributed by atoms with Gasteiger partial charge >= 0.3 is 5.97 Å². The first-order valence-electron chi connectivity index (χ1n) is 5.26. The first kappa shape index (κ1) is 10.4. The molecule has 0 spiro atoms. The summed E-state index contributed by atoms with van der Waals surface area (Å²) in [4.78, 5) is 21.8.